The van der Waals surface area contributed by atoms with Crippen LogP contribution in [0.15, 0.2) is 29.3 Å². The van der Waals surface area contributed by atoms with Gasteiger partial charge in [0.05, 0.1) is 0 Å². The first-order chi connectivity index (χ1) is 6.09. The van der Waals surface area contributed by atoms with Gasteiger partial charge in [0.1, 0.15) is 0 Å². The van der Waals surface area contributed by atoms with Crippen LogP contribution in [-0.2, 0) is 0 Å². The summed E-state index contributed by atoms with van der Waals surface area (Å²) in [5.74, 6) is 0. The van der Waals surface area contributed by atoms with Gasteiger partial charge >= 0.3 is 0 Å². The van der Waals surface area contributed by atoms with Gasteiger partial charge in [-0.3, -0.25) is 0 Å². The Labute approximate surface area is 91.9 Å². The molecule has 1 N–H and O–H groups in total. The molecule has 0 fully saturated rings. The Bertz CT molecular complexity index is 323. The molecule has 0 saturated carbocycles. The molecule has 13 heavy (non-hydrogen) atoms. The normalized spacial score (nSPS) is 9.77. The van der Waals surface area contributed by atoms with Crippen LogP contribution in [0.3, 0.4) is 0 Å². The van der Waals surface area contributed by atoms with E-state index in [2.05, 4.69) is 27.8 Å². The Morgan fingerprint density at radius 3 is 2.85 bits per heavy atom. The standard InChI is InChI=1S/C10H11BrClN/c1-7-3-4-9(5-10(7)12)13-6-8(2)11/h3-5,13H,2,6H2,1H3. The molecule has 0 atom stereocenters. The molecule has 3 heteroatoms. The van der Waals surface area contributed by atoms with Gasteiger partial charge in [0.25, 0.3) is 0 Å². The second-order valence-corrected chi connectivity index (χ2v) is 4.36. The van der Waals surface area contributed by atoms with E-state index in [1.54, 1.807) is 0 Å². The number of aryl methyl sites for hydroxylation is 1. The fourth-order valence-electron chi connectivity index (χ4n) is 0.901. The summed E-state index contributed by atoms with van der Waals surface area (Å²) in [7, 11) is 0. The van der Waals surface area contributed by atoms with Crippen molar-refractivity contribution in [3.63, 3.8) is 0 Å². The highest BCUT2D eigenvalue weighted by Gasteiger charge is 1.96. The summed E-state index contributed by atoms with van der Waals surface area (Å²) in [6.07, 6.45) is 0. The molecular weight excluding hydrogens is 249 g/mol. The molecule has 0 unspecified atom stereocenters. The lowest BCUT2D eigenvalue weighted by Crippen LogP contribution is -2.00. The fourth-order valence-corrected chi connectivity index (χ4v) is 1.22. The van der Waals surface area contributed by atoms with Crippen molar-refractivity contribution in [2.75, 3.05) is 11.9 Å². The second kappa shape index (κ2) is 4.68. The Balaban J connectivity index is 2.68. The molecule has 0 aliphatic heterocycles. The van der Waals surface area contributed by atoms with Gasteiger partial charge in [0.2, 0.25) is 0 Å². The van der Waals surface area contributed by atoms with E-state index in [9.17, 15) is 0 Å². The fraction of sp³-hybridized carbons (Fsp3) is 0.200. The SMILES string of the molecule is C=C(Br)CNc1ccc(C)c(Cl)c1. The zero-order chi connectivity index (χ0) is 9.84. The molecule has 0 saturated heterocycles. The monoisotopic (exact) mass is 259 g/mol. The van der Waals surface area contributed by atoms with Crippen molar-refractivity contribution in [2.45, 2.75) is 6.92 Å². The van der Waals surface area contributed by atoms with E-state index in [1.165, 1.54) is 0 Å². The summed E-state index contributed by atoms with van der Waals surface area (Å²) >= 11 is 9.23. The first kappa shape index (κ1) is 10.6. The molecule has 1 aromatic rings. The van der Waals surface area contributed by atoms with Crippen LogP contribution in [0.4, 0.5) is 5.69 Å². The van der Waals surface area contributed by atoms with Gasteiger partial charge in [0.15, 0.2) is 0 Å². The van der Waals surface area contributed by atoms with E-state index in [-0.39, 0.29) is 0 Å². The Hall–Kier alpha value is -0.470. The van der Waals surface area contributed by atoms with Crippen molar-refractivity contribution in [3.05, 3.63) is 39.8 Å². The van der Waals surface area contributed by atoms with Crippen molar-refractivity contribution in [1.29, 1.82) is 0 Å². The maximum atomic E-state index is 5.95. The van der Waals surface area contributed by atoms with E-state index in [0.717, 1.165) is 20.8 Å². The molecule has 0 aliphatic rings. The predicted molar refractivity (Wildman–Crippen MR) is 62.7 cm³/mol. The van der Waals surface area contributed by atoms with E-state index in [4.69, 9.17) is 11.6 Å². The number of benzene rings is 1. The summed E-state index contributed by atoms with van der Waals surface area (Å²) in [6, 6.07) is 5.89. The van der Waals surface area contributed by atoms with Crippen LogP contribution in [0.1, 0.15) is 5.56 Å². The van der Waals surface area contributed by atoms with Crippen molar-refractivity contribution in [2.24, 2.45) is 0 Å². The Kier molecular flexibility index (Phi) is 3.82. The molecular formula is C10H11BrClN. The quantitative estimate of drug-likeness (QED) is 0.867. The Morgan fingerprint density at radius 2 is 2.31 bits per heavy atom. The number of nitrogens with one attached hydrogen (secondary N) is 1. The molecule has 1 rings (SSSR count). The van der Waals surface area contributed by atoms with E-state index in [0.29, 0.717) is 6.54 Å². The number of hydrogen-bond acceptors (Lipinski definition) is 1. The summed E-state index contributed by atoms with van der Waals surface area (Å²) < 4.78 is 0.921. The molecule has 70 valence electrons. The number of halogens is 2. The third-order valence-electron chi connectivity index (χ3n) is 1.66. The van der Waals surface area contributed by atoms with Crippen molar-refractivity contribution in [1.82, 2.24) is 0 Å². The zero-order valence-electron chi connectivity index (χ0n) is 7.40. The highest BCUT2D eigenvalue weighted by Crippen LogP contribution is 2.20. The Morgan fingerprint density at radius 1 is 1.62 bits per heavy atom. The van der Waals surface area contributed by atoms with Gasteiger partial charge in [-0.05, 0) is 24.6 Å². The smallest absolute Gasteiger partial charge is 0.0460 e. The first-order valence-corrected chi connectivity index (χ1v) is 5.10. The molecule has 0 bridgehead atoms. The van der Waals surface area contributed by atoms with Gasteiger partial charge < -0.3 is 5.32 Å². The summed E-state index contributed by atoms with van der Waals surface area (Å²) in [5.41, 5.74) is 2.10. The van der Waals surface area contributed by atoms with Crippen LogP contribution in [0, 0.1) is 6.92 Å². The van der Waals surface area contributed by atoms with Gasteiger partial charge in [-0.25, -0.2) is 0 Å². The third-order valence-corrected chi connectivity index (χ3v) is 2.34. The number of anilines is 1. The van der Waals surface area contributed by atoms with Crippen LogP contribution in [0.2, 0.25) is 5.02 Å². The molecule has 0 aromatic heterocycles. The van der Waals surface area contributed by atoms with E-state index < -0.39 is 0 Å². The predicted octanol–water partition coefficient (Wildman–Crippen LogP) is 3.97. The topological polar surface area (TPSA) is 12.0 Å². The zero-order valence-corrected chi connectivity index (χ0v) is 9.74. The van der Waals surface area contributed by atoms with Crippen LogP contribution in [0.5, 0.6) is 0 Å². The van der Waals surface area contributed by atoms with Gasteiger partial charge in [-0.2, -0.15) is 0 Å². The third kappa shape index (κ3) is 3.41. The molecule has 0 heterocycles. The number of hydrogen-bond donors (Lipinski definition) is 1. The largest absolute Gasteiger partial charge is 0.380 e. The molecule has 0 radical (unpaired) electrons. The minimum atomic E-state index is 0.708. The van der Waals surface area contributed by atoms with Gasteiger partial charge in [0, 0.05) is 21.7 Å². The van der Waals surface area contributed by atoms with Crippen molar-refractivity contribution in [3.8, 4) is 0 Å². The first-order valence-electron chi connectivity index (χ1n) is 3.93. The average molecular weight is 261 g/mol. The average Bonchev–Trinajstić information content (AvgIpc) is 2.07. The summed E-state index contributed by atoms with van der Waals surface area (Å²) in [5, 5.41) is 3.96. The second-order valence-electron chi connectivity index (χ2n) is 2.83. The van der Waals surface area contributed by atoms with Crippen LogP contribution < -0.4 is 5.32 Å². The highest BCUT2D eigenvalue weighted by atomic mass is 79.9. The lowest BCUT2D eigenvalue weighted by Gasteiger charge is -2.06. The molecule has 0 amide bonds. The molecule has 1 aromatic carbocycles. The lowest BCUT2D eigenvalue weighted by atomic mass is 10.2. The van der Waals surface area contributed by atoms with E-state index in [1.807, 2.05) is 25.1 Å². The van der Waals surface area contributed by atoms with Gasteiger partial charge in [-0.1, -0.05) is 40.2 Å². The van der Waals surface area contributed by atoms with Crippen LogP contribution >= 0.6 is 27.5 Å². The molecule has 1 nitrogen and oxygen atoms in total. The summed E-state index contributed by atoms with van der Waals surface area (Å²) in [6.45, 7) is 6.42. The molecule has 0 spiro atoms. The van der Waals surface area contributed by atoms with Crippen molar-refractivity contribution < 1.29 is 0 Å². The maximum absolute atomic E-state index is 5.95. The van der Waals surface area contributed by atoms with Crippen molar-refractivity contribution >= 4 is 33.2 Å². The van der Waals surface area contributed by atoms with Crippen LogP contribution in [-0.4, -0.2) is 6.54 Å². The van der Waals surface area contributed by atoms with E-state index >= 15 is 0 Å². The van der Waals surface area contributed by atoms with Crippen LogP contribution in [0.25, 0.3) is 0 Å². The van der Waals surface area contributed by atoms with Gasteiger partial charge in [-0.15, -0.1) is 0 Å². The lowest BCUT2D eigenvalue weighted by molar-refractivity contribution is 1.32. The highest BCUT2D eigenvalue weighted by molar-refractivity contribution is 9.11. The number of rotatable bonds is 3. The minimum absolute atomic E-state index is 0.708. The maximum Gasteiger partial charge on any atom is 0.0460 e. The minimum Gasteiger partial charge on any atom is -0.380 e. The summed E-state index contributed by atoms with van der Waals surface area (Å²) in [4.78, 5) is 0. The molecule has 0 aliphatic carbocycles.